The first-order valence-corrected chi connectivity index (χ1v) is 42.0. The predicted octanol–water partition coefficient (Wildman–Crippen LogP) is 1.70. The summed E-state index contributed by atoms with van der Waals surface area (Å²) in [6.07, 6.45) is -28.5. The molecule has 45 nitrogen and oxygen atoms in total. The fourth-order valence-electron chi connectivity index (χ4n) is 10.6. The summed E-state index contributed by atoms with van der Waals surface area (Å²) in [4.78, 5) is 148. The van der Waals surface area contributed by atoms with Gasteiger partial charge in [0.2, 0.25) is 0 Å². The number of aliphatic carboxylic acids is 1. The van der Waals surface area contributed by atoms with E-state index in [0.717, 1.165) is 52.9 Å². The number of carbonyl (C=O) groups excluding carboxylic acids is 9. The third-order valence-electron chi connectivity index (χ3n) is 15.9. The van der Waals surface area contributed by atoms with Crippen molar-refractivity contribution in [3.63, 3.8) is 0 Å². The van der Waals surface area contributed by atoms with Crippen molar-refractivity contribution in [3.05, 3.63) is 144 Å². The predicted molar refractivity (Wildman–Crippen MR) is 400 cm³/mol. The van der Waals surface area contributed by atoms with Gasteiger partial charge in [-0.25, -0.2) is 27.8 Å². The van der Waals surface area contributed by atoms with Crippen LogP contribution >= 0.6 is 47.2 Å². The summed E-state index contributed by atoms with van der Waals surface area (Å²) >= 11 is 3.27. The van der Waals surface area contributed by atoms with Gasteiger partial charge >= 0.3 is 79.0 Å². The molecule has 50 heteroatoms. The number of rotatable bonds is 34. The SMILES string of the molecule is CC(=O)OC1[C@@H](OC(C)=O)[C@H](OC(C)=O)C(COP(=O)(OCc2ccccc2)OCc2ccccc2)O[C@@H]1Br.COC(=O)[C@H]1OC(COP(=O)(OCc2ccccc2)OCc2ccccc2)[C@@H](OC(C)=O)[C@H](OC(C)=O)C1OC(C)=O.COC=O.O=C(O)[C@H]1OC(COP(=O)(O)O)[C@@H](O)[C@H](O)C1O.O=C[C@H]1OC(COP(=O)(O)O)[C@@H](O)[C@H](O)C1O. The Morgan fingerprint density at radius 2 is 0.667 bits per heavy atom. The highest BCUT2D eigenvalue weighted by Gasteiger charge is 2.56. The summed E-state index contributed by atoms with van der Waals surface area (Å²) in [7, 11) is -15.7. The Labute approximate surface area is 692 Å². The van der Waals surface area contributed by atoms with Gasteiger partial charge in [0.05, 0.1) is 67.1 Å². The molecular formula is C70H93BrO45P4. The molecule has 0 radical (unpaired) electrons. The summed E-state index contributed by atoms with van der Waals surface area (Å²) in [5, 5.41) is 63.9. The minimum atomic E-state index is -4.82. The Bertz CT molecular complexity index is 3980. The maximum atomic E-state index is 13.8. The van der Waals surface area contributed by atoms with E-state index in [1.807, 2.05) is 12.1 Å². The van der Waals surface area contributed by atoms with Crippen molar-refractivity contribution in [2.45, 2.75) is 189 Å². The van der Waals surface area contributed by atoms with E-state index in [9.17, 15) is 92.1 Å². The summed E-state index contributed by atoms with van der Waals surface area (Å²) in [6, 6.07) is 35.8. The Hall–Kier alpha value is -7.70. The summed E-state index contributed by atoms with van der Waals surface area (Å²) in [5.41, 5.74) is 2.83. The molecule has 4 aromatic carbocycles. The number of benzene rings is 4. The smallest absolute Gasteiger partial charge is 0.475 e. The van der Waals surface area contributed by atoms with Gasteiger partial charge in [0.25, 0.3) is 6.47 Å². The molecule has 670 valence electrons. The van der Waals surface area contributed by atoms with Crippen molar-refractivity contribution in [2.75, 3.05) is 40.6 Å². The van der Waals surface area contributed by atoms with Crippen LogP contribution in [0.3, 0.4) is 0 Å². The van der Waals surface area contributed by atoms with Crippen molar-refractivity contribution in [3.8, 4) is 0 Å². The molecule has 4 saturated heterocycles. The number of alkyl halides is 1. The van der Waals surface area contributed by atoms with Crippen molar-refractivity contribution in [1.82, 2.24) is 0 Å². The first-order valence-electron chi connectivity index (χ1n) is 35.1. The number of methoxy groups -OCH3 is 2. The number of esters is 7. The largest absolute Gasteiger partial charge is 0.479 e. The van der Waals surface area contributed by atoms with Crippen molar-refractivity contribution in [2.24, 2.45) is 0 Å². The average molecular weight is 1860 g/mol. The highest BCUT2D eigenvalue weighted by atomic mass is 79.9. The first-order chi connectivity index (χ1) is 56.4. The number of aldehydes is 1. The second kappa shape index (κ2) is 51.4. The van der Waals surface area contributed by atoms with Crippen LogP contribution in [0, 0.1) is 0 Å². The molecule has 0 spiro atoms. The molecule has 120 heavy (non-hydrogen) atoms. The van der Waals surface area contributed by atoms with Crippen LogP contribution in [0.2, 0.25) is 0 Å². The van der Waals surface area contributed by atoms with Crippen LogP contribution in [-0.4, -0.2) is 277 Å². The summed E-state index contributed by atoms with van der Waals surface area (Å²) in [5.74, 6) is -7.14. The van der Waals surface area contributed by atoms with Crippen molar-refractivity contribution in [1.29, 1.82) is 0 Å². The van der Waals surface area contributed by atoms with Gasteiger partial charge in [0.1, 0.15) is 67.1 Å². The van der Waals surface area contributed by atoms with Crippen LogP contribution < -0.4 is 0 Å². The molecule has 0 amide bonds. The van der Waals surface area contributed by atoms with Crippen molar-refractivity contribution >= 4 is 108 Å². The second-order valence-corrected chi connectivity index (χ2v) is 31.9. The third kappa shape index (κ3) is 36.8. The van der Waals surface area contributed by atoms with Gasteiger partial charge in [0.15, 0.2) is 60.1 Å². The van der Waals surface area contributed by atoms with Gasteiger partial charge in [-0.2, -0.15) is 0 Å². The number of aliphatic hydroxyl groups is 6. The van der Waals surface area contributed by atoms with Crippen LogP contribution in [0.4, 0.5) is 0 Å². The zero-order chi connectivity index (χ0) is 89.8. The molecule has 4 aromatic rings. The van der Waals surface area contributed by atoms with Crippen molar-refractivity contribution < 1.29 is 215 Å². The molecule has 4 aliphatic rings. The molecule has 20 atom stereocenters. The van der Waals surface area contributed by atoms with E-state index in [4.69, 9.17) is 109 Å². The number of carboxylic acids is 1. The number of hydrogen-bond donors (Lipinski definition) is 11. The molecule has 0 bridgehead atoms. The average Bonchev–Trinajstić information content (AvgIpc) is 0.787. The zero-order valence-electron chi connectivity index (χ0n) is 64.9. The number of phosphoric ester groups is 4. The molecule has 0 aromatic heterocycles. The van der Waals surface area contributed by atoms with Gasteiger partial charge in [0, 0.05) is 41.5 Å². The van der Waals surface area contributed by atoms with Crippen LogP contribution in [0.1, 0.15) is 63.8 Å². The highest BCUT2D eigenvalue weighted by molar-refractivity contribution is 9.09. The Morgan fingerprint density at radius 3 is 0.983 bits per heavy atom. The fourth-order valence-corrected chi connectivity index (χ4v) is 14.3. The number of halogens is 1. The van der Waals surface area contributed by atoms with Crippen LogP contribution in [0.25, 0.3) is 0 Å². The third-order valence-corrected chi connectivity index (χ3v) is 20.3. The number of carbonyl (C=O) groups is 10. The van der Waals surface area contributed by atoms with E-state index in [1.165, 1.54) is 14.0 Å². The first kappa shape index (κ1) is 105. The minimum absolute atomic E-state index is 0.0720. The normalized spacial score (nSPS) is 26.5. The molecule has 8 unspecified atom stereocenters. The van der Waals surface area contributed by atoms with E-state index in [2.05, 4.69) is 29.7 Å². The van der Waals surface area contributed by atoms with E-state index in [0.29, 0.717) is 17.6 Å². The second-order valence-electron chi connectivity index (χ2n) is 25.2. The van der Waals surface area contributed by atoms with Crippen LogP contribution in [0.5, 0.6) is 0 Å². The van der Waals surface area contributed by atoms with Gasteiger partial charge in [-0.15, -0.1) is 0 Å². The zero-order valence-corrected chi connectivity index (χ0v) is 70.0. The molecule has 4 fully saturated rings. The van der Waals surface area contributed by atoms with Gasteiger partial charge in [-0.1, -0.05) is 137 Å². The summed E-state index contributed by atoms with van der Waals surface area (Å²) in [6.45, 7) is 4.03. The van der Waals surface area contributed by atoms with E-state index >= 15 is 0 Å². The maximum Gasteiger partial charge on any atom is 0.475 e. The van der Waals surface area contributed by atoms with E-state index in [1.54, 1.807) is 109 Å². The number of aliphatic hydroxyl groups excluding tert-OH is 6. The number of hydrogen-bond acceptors (Lipinski definition) is 40. The lowest BCUT2D eigenvalue weighted by atomic mass is 9.94. The lowest BCUT2D eigenvalue weighted by Crippen LogP contribution is -2.64. The number of carboxylic acid groups (broad SMARTS) is 1. The molecule has 4 heterocycles. The van der Waals surface area contributed by atoms with Gasteiger partial charge < -0.3 is 117 Å². The molecule has 8 rings (SSSR count). The minimum Gasteiger partial charge on any atom is -0.479 e. The Kier molecular flexibility index (Phi) is 44.8. The van der Waals surface area contributed by atoms with Crippen LogP contribution in [0.15, 0.2) is 121 Å². The van der Waals surface area contributed by atoms with Gasteiger partial charge in [-0.3, -0.25) is 69.8 Å². The number of phosphoric acid groups is 4. The topological polar surface area (TPSA) is 646 Å². The molecule has 0 saturated carbocycles. The lowest BCUT2D eigenvalue weighted by Gasteiger charge is -2.43. The standard InChI is InChI=1S/C28H33O13P.C26H30BrO11P.C7H13O10P.C7H13O9P.C2H4O2/c1-18(29)38-24-23(41-27(28(32)34-4)26(40-20(3)31)25(24)39-19(2)30)17-37-42(33,35-15-21-11-7-5-8-12-21)36-16-22-13-9-6-10-14-22;1-17(28)35-23-22(38-26(27)25(37-19(3)30)24(23)36-18(2)29)16-34-39(31,32-14-20-10-6-4-7-11-20)33-15-21-12-8-5-9-13-21;8-3-2(1-16-18(13,14)15)17-6(7(11)12)5(10)4(3)9;8-1-3-5(9)7(11)6(10)4(16-3)2-15-17(12,13)14;1-4-2-3/h5-14,23-27H,15-17H2,1-4H3;4-13,22-26H,14-16H2,1-3H3;2-6,8-10H,1H2,(H,11,12)(H2,13,14,15);1,3-7,9-11H,2H2,(H2,12,13,14);2H,1H3/t23?,24-,25+,26?,27+;22?,23-,24+,25?,26+;2?,3-,4+,5?,6+;3-,4?,5?,6-,7-;/m1111./s1. The van der Waals surface area contributed by atoms with E-state index in [-0.39, 0.29) is 32.7 Å². The quantitative estimate of drug-likeness (QED) is 0.0104. The molecule has 11 N–H and O–H groups in total. The monoisotopic (exact) mass is 1860 g/mol. The summed E-state index contributed by atoms with van der Waals surface area (Å²) < 4.78 is 152. The van der Waals surface area contributed by atoms with Gasteiger partial charge in [-0.05, 0) is 22.3 Å². The number of ether oxygens (including phenoxy) is 12. The van der Waals surface area contributed by atoms with E-state index < -0.39 is 226 Å². The molecule has 4 aliphatic heterocycles. The highest BCUT2D eigenvalue weighted by Crippen LogP contribution is 2.53. The molecular weight excluding hydrogens is 1760 g/mol. The van der Waals surface area contributed by atoms with Crippen LogP contribution in [-0.2, 0) is 186 Å². The fraction of sp³-hybridized carbons (Fsp3) is 0.514. The molecule has 0 aliphatic carbocycles. The Balaban J connectivity index is 0.000000354. The maximum absolute atomic E-state index is 13.8. The lowest BCUT2D eigenvalue weighted by molar-refractivity contribution is -0.252. The Morgan fingerprint density at radius 1 is 0.375 bits per heavy atom.